The predicted molar refractivity (Wildman–Crippen MR) is 56.0 cm³/mol. The van der Waals surface area contributed by atoms with Crippen LogP contribution in [0.25, 0.3) is 0 Å². The molecule has 0 fully saturated rings. The Labute approximate surface area is 97.5 Å². The third-order valence-electron chi connectivity index (χ3n) is 2.00. The lowest BCUT2D eigenvalue weighted by Crippen LogP contribution is -2.39. The van der Waals surface area contributed by atoms with E-state index < -0.39 is 39.5 Å². The zero-order valence-electron chi connectivity index (χ0n) is 9.25. The van der Waals surface area contributed by atoms with Crippen molar-refractivity contribution >= 4 is 15.7 Å². The van der Waals surface area contributed by atoms with Crippen molar-refractivity contribution in [3.05, 3.63) is 0 Å². The minimum atomic E-state index is -4.55. The molecule has 0 aromatic heterocycles. The molecule has 1 amide bonds. The summed E-state index contributed by atoms with van der Waals surface area (Å²) in [5.41, 5.74) is 5.16. The van der Waals surface area contributed by atoms with Crippen LogP contribution in [0.2, 0.25) is 0 Å². The second-order valence-corrected chi connectivity index (χ2v) is 6.01. The van der Waals surface area contributed by atoms with Gasteiger partial charge in [0.25, 0.3) is 0 Å². The first kappa shape index (κ1) is 16.2. The molecule has 0 saturated carbocycles. The van der Waals surface area contributed by atoms with Crippen molar-refractivity contribution in [3.63, 3.8) is 0 Å². The van der Waals surface area contributed by atoms with Crippen LogP contribution in [0, 0.1) is 0 Å². The summed E-state index contributed by atoms with van der Waals surface area (Å²) < 4.78 is 58.2. The summed E-state index contributed by atoms with van der Waals surface area (Å²) in [5.74, 6) is -2.12. The maximum atomic E-state index is 11.7. The molecule has 0 spiro atoms. The van der Waals surface area contributed by atoms with Gasteiger partial charge in [-0.15, -0.1) is 0 Å². The number of hydrogen-bond donors (Lipinski definition) is 2. The molecule has 17 heavy (non-hydrogen) atoms. The van der Waals surface area contributed by atoms with Crippen molar-refractivity contribution in [2.24, 2.45) is 5.73 Å². The van der Waals surface area contributed by atoms with Crippen LogP contribution in [0.15, 0.2) is 0 Å². The van der Waals surface area contributed by atoms with Crippen LogP contribution in [0.4, 0.5) is 13.2 Å². The summed E-state index contributed by atoms with van der Waals surface area (Å²) >= 11 is 0. The Morgan fingerprint density at radius 3 is 2.35 bits per heavy atom. The Kier molecular flexibility index (Phi) is 5.89. The van der Waals surface area contributed by atoms with Gasteiger partial charge in [-0.1, -0.05) is 0 Å². The maximum absolute atomic E-state index is 11.7. The molecule has 0 aliphatic carbocycles. The molecule has 0 bridgehead atoms. The summed E-state index contributed by atoms with van der Waals surface area (Å²) in [7, 11) is -3.75. The zero-order chi connectivity index (χ0) is 13.7. The van der Waals surface area contributed by atoms with E-state index in [-0.39, 0.29) is 13.0 Å². The number of nitrogens with two attached hydrogens (primary N) is 1. The largest absolute Gasteiger partial charge is 0.405 e. The smallest absolute Gasteiger partial charge is 0.346 e. The Morgan fingerprint density at radius 2 is 1.94 bits per heavy atom. The van der Waals surface area contributed by atoms with E-state index in [2.05, 4.69) is 0 Å². The predicted octanol–water partition coefficient (Wildman–Crippen LogP) is -0.183. The highest BCUT2D eigenvalue weighted by atomic mass is 32.2. The van der Waals surface area contributed by atoms with Gasteiger partial charge < -0.3 is 11.1 Å². The normalized spacial score (nSPS) is 14.4. The molecule has 1 unspecified atom stereocenters. The molecule has 0 aliphatic rings. The summed E-state index contributed by atoms with van der Waals surface area (Å²) in [6.07, 6.45) is -4.39. The van der Waals surface area contributed by atoms with Crippen LogP contribution in [0.1, 0.15) is 13.3 Å². The van der Waals surface area contributed by atoms with E-state index in [9.17, 15) is 26.4 Å². The standard InChI is InChI=1S/C8H15F3N2O3S/c1-6(2-3-12)17(15,16)4-7(14)13-5-8(9,10)11/h6H,2-5,12H2,1H3,(H,13,14). The third-order valence-corrected chi connectivity index (χ3v) is 4.13. The van der Waals surface area contributed by atoms with Gasteiger partial charge >= 0.3 is 6.18 Å². The molecule has 0 rings (SSSR count). The molecular weight excluding hydrogens is 261 g/mol. The van der Waals surface area contributed by atoms with Gasteiger partial charge in [-0.2, -0.15) is 13.2 Å². The van der Waals surface area contributed by atoms with Gasteiger partial charge in [0.2, 0.25) is 5.91 Å². The molecule has 102 valence electrons. The lowest BCUT2D eigenvalue weighted by molar-refractivity contribution is -0.137. The lowest BCUT2D eigenvalue weighted by atomic mass is 10.3. The highest BCUT2D eigenvalue weighted by molar-refractivity contribution is 7.92. The molecule has 0 radical (unpaired) electrons. The van der Waals surface area contributed by atoms with Crippen LogP contribution in [0.3, 0.4) is 0 Å². The van der Waals surface area contributed by atoms with E-state index in [0.717, 1.165) is 0 Å². The highest BCUT2D eigenvalue weighted by Gasteiger charge is 2.29. The van der Waals surface area contributed by atoms with Crippen molar-refractivity contribution in [2.75, 3.05) is 18.8 Å². The molecule has 1 atom stereocenters. The summed E-state index contributed by atoms with van der Waals surface area (Å²) in [6.45, 7) is -0.0452. The molecule has 0 aromatic carbocycles. The average Bonchev–Trinajstić information content (AvgIpc) is 2.13. The van der Waals surface area contributed by atoms with Gasteiger partial charge in [0, 0.05) is 0 Å². The van der Waals surface area contributed by atoms with Crippen molar-refractivity contribution in [3.8, 4) is 0 Å². The first-order chi connectivity index (χ1) is 7.58. The van der Waals surface area contributed by atoms with Gasteiger partial charge in [0.05, 0.1) is 5.25 Å². The number of hydrogen-bond acceptors (Lipinski definition) is 4. The molecule has 9 heteroatoms. The van der Waals surface area contributed by atoms with Gasteiger partial charge in [0.15, 0.2) is 9.84 Å². The number of nitrogens with one attached hydrogen (secondary N) is 1. The van der Waals surface area contributed by atoms with Gasteiger partial charge in [-0.25, -0.2) is 8.42 Å². The number of carbonyl (C=O) groups excluding carboxylic acids is 1. The maximum Gasteiger partial charge on any atom is 0.405 e. The van der Waals surface area contributed by atoms with Crippen LogP contribution >= 0.6 is 0 Å². The minimum absolute atomic E-state index is 0.130. The lowest BCUT2D eigenvalue weighted by Gasteiger charge is -2.12. The number of rotatable bonds is 6. The van der Waals surface area contributed by atoms with Crippen LogP contribution in [-0.4, -0.2) is 44.6 Å². The summed E-state index contributed by atoms with van der Waals surface area (Å²) in [5, 5.41) is 0.658. The highest BCUT2D eigenvalue weighted by Crippen LogP contribution is 2.12. The Bertz CT molecular complexity index is 354. The molecule has 0 aliphatic heterocycles. The summed E-state index contributed by atoms with van der Waals surface area (Å²) in [6, 6.07) is 0. The second-order valence-electron chi connectivity index (χ2n) is 3.59. The first-order valence-corrected chi connectivity index (χ1v) is 6.55. The van der Waals surface area contributed by atoms with E-state index in [1.165, 1.54) is 12.2 Å². The van der Waals surface area contributed by atoms with Crippen molar-refractivity contribution in [2.45, 2.75) is 24.8 Å². The molecule has 0 aromatic rings. The van der Waals surface area contributed by atoms with Crippen LogP contribution < -0.4 is 11.1 Å². The van der Waals surface area contributed by atoms with E-state index >= 15 is 0 Å². The van der Waals surface area contributed by atoms with Crippen LogP contribution in [0.5, 0.6) is 0 Å². The minimum Gasteiger partial charge on any atom is -0.346 e. The van der Waals surface area contributed by atoms with E-state index in [4.69, 9.17) is 5.73 Å². The van der Waals surface area contributed by atoms with E-state index in [1.807, 2.05) is 0 Å². The van der Waals surface area contributed by atoms with E-state index in [0.29, 0.717) is 0 Å². The molecule has 0 heterocycles. The molecule has 0 saturated heterocycles. The fourth-order valence-electron chi connectivity index (χ4n) is 0.989. The topological polar surface area (TPSA) is 89.3 Å². The number of sulfone groups is 1. The van der Waals surface area contributed by atoms with Crippen molar-refractivity contribution in [1.82, 2.24) is 5.32 Å². The fourth-order valence-corrected chi connectivity index (χ4v) is 2.24. The van der Waals surface area contributed by atoms with Gasteiger partial charge in [-0.05, 0) is 19.9 Å². The second kappa shape index (κ2) is 6.20. The number of amides is 1. The Hall–Kier alpha value is -0.830. The monoisotopic (exact) mass is 276 g/mol. The number of carbonyl (C=O) groups is 1. The molecule has 3 N–H and O–H groups in total. The average molecular weight is 276 g/mol. The third kappa shape index (κ3) is 7.16. The quantitative estimate of drug-likeness (QED) is 0.704. The molecule has 5 nitrogen and oxygen atoms in total. The van der Waals surface area contributed by atoms with Crippen molar-refractivity contribution < 1.29 is 26.4 Å². The summed E-state index contributed by atoms with van der Waals surface area (Å²) in [4.78, 5) is 11.0. The zero-order valence-corrected chi connectivity index (χ0v) is 10.1. The van der Waals surface area contributed by atoms with Crippen molar-refractivity contribution in [1.29, 1.82) is 0 Å². The SMILES string of the molecule is CC(CCN)S(=O)(=O)CC(=O)NCC(F)(F)F. The first-order valence-electron chi connectivity index (χ1n) is 4.83. The Morgan fingerprint density at radius 1 is 1.41 bits per heavy atom. The molecular formula is C8H15F3N2O3S. The Balaban J connectivity index is 4.29. The number of alkyl halides is 3. The fraction of sp³-hybridized carbons (Fsp3) is 0.875. The van der Waals surface area contributed by atoms with Crippen LogP contribution in [-0.2, 0) is 14.6 Å². The van der Waals surface area contributed by atoms with Gasteiger partial charge in [-0.3, -0.25) is 4.79 Å². The number of halogens is 3. The van der Waals surface area contributed by atoms with Gasteiger partial charge in [0.1, 0.15) is 12.3 Å². The van der Waals surface area contributed by atoms with E-state index in [1.54, 1.807) is 0 Å².